The van der Waals surface area contributed by atoms with Crippen LogP contribution in [0.25, 0.3) is 0 Å². The molecule has 8 aliphatic carbocycles. The van der Waals surface area contributed by atoms with Crippen molar-refractivity contribution in [2.45, 2.75) is 88.3 Å². The molecule has 8 saturated carbocycles. The third kappa shape index (κ3) is 4.98. The third-order valence-corrected chi connectivity index (χ3v) is 11.1. The predicted molar refractivity (Wildman–Crippen MR) is 147 cm³/mol. The Bertz CT molecular complexity index is 1220. The number of hydrogen-bond acceptors (Lipinski definition) is 7. The maximum Gasteiger partial charge on any atom is 0.397 e. The standard InChI is InChI=1S/C31H34ClN3O6/c32-25-23(34-26(36)28(38)40-30-9-16-1-17(10-30)3-18(2-16)11-30)7-22(15-33)8-24(25)35-27(37)29(39)41-31-12-19-4-20(13-31)6-21(5-19)14-31/h7-8,16-21H,1-6,9-14H2,(H,34,36)(H,35,37). The first-order chi connectivity index (χ1) is 19.6. The number of nitrogens with one attached hydrogen (secondary N) is 2. The lowest BCUT2D eigenvalue weighted by Crippen LogP contribution is -2.53. The van der Waals surface area contributed by atoms with E-state index >= 15 is 0 Å². The second kappa shape index (κ2) is 9.72. The van der Waals surface area contributed by atoms with Crippen LogP contribution in [0.1, 0.15) is 82.6 Å². The van der Waals surface area contributed by atoms with Crippen molar-refractivity contribution in [3.05, 3.63) is 22.7 Å². The van der Waals surface area contributed by atoms with E-state index in [-0.39, 0.29) is 22.0 Å². The Morgan fingerprint density at radius 1 is 0.683 bits per heavy atom. The fourth-order valence-corrected chi connectivity index (χ4v) is 10.2. The van der Waals surface area contributed by atoms with Gasteiger partial charge in [0.1, 0.15) is 11.2 Å². The molecule has 0 heterocycles. The molecule has 1 aromatic carbocycles. The van der Waals surface area contributed by atoms with Gasteiger partial charge >= 0.3 is 23.8 Å². The topological polar surface area (TPSA) is 135 Å². The van der Waals surface area contributed by atoms with Crippen LogP contribution in [-0.2, 0) is 28.7 Å². The summed E-state index contributed by atoms with van der Waals surface area (Å²) in [6.07, 6.45) is 11.8. The molecular formula is C31H34ClN3O6. The lowest BCUT2D eigenvalue weighted by Gasteiger charge is -2.55. The SMILES string of the molecule is N#Cc1cc(NC(=O)C(=O)OC23CC4CC(CC(C4)C2)C3)c(Cl)c(NC(=O)C(=O)OC23CC4CC(CC(C4)C2)C3)c1. The van der Waals surface area contributed by atoms with Gasteiger partial charge in [-0.3, -0.25) is 9.59 Å². The van der Waals surface area contributed by atoms with Crippen LogP contribution in [0.4, 0.5) is 11.4 Å². The summed E-state index contributed by atoms with van der Waals surface area (Å²) in [7, 11) is 0. The Morgan fingerprint density at radius 3 is 1.29 bits per heavy atom. The number of hydrogen-bond donors (Lipinski definition) is 2. The van der Waals surface area contributed by atoms with Gasteiger partial charge in [0.05, 0.1) is 28.0 Å². The van der Waals surface area contributed by atoms with E-state index in [2.05, 4.69) is 10.6 Å². The summed E-state index contributed by atoms with van der Waals surface area (Å²) in [5.41, 5.74) is -1.18. The van der Waals surface area contributed by atoms with Gasteiger partial charge in [0.25, 0.3) is 0 Å². The smallest absolute Gasteiger partial charge is 0.397 e. The number of esters is 2. The Kier molecular flexibility index (Phi) is 6.35. The Labute approximate surface area is 243 Å². The first-order valence-corrected chi connectivity index (χ1v) is 15.3. The number of anilines is 2. The summed E-state index contributed by atoms with van der Waals surface area (Å²) in [6, 6.07) is 4.57. The van der Waals surface area contributed by atoms with E-state index in [0.29, 0.717) is 35.5 Å². The first kappa shape index (κ1) is 26.8. The average molecular weight is 580 g/mol. The summed E-state index contributed by atoms with van der Waals surface area (Å²) in [5.74, 6) is -0.740. The zero-order valence-corrected chi connectivity index (χ0v) is 23.6. The van der Waals surface area contributed by atoms with Gasteiger partial charge in [-0.15, -0.1) is 0 Å². The Balaban J connectivity index is 1.02. The highest BCUT2D eigenvalue weighted by Crippen LogP contribution is 2.58. The van der Waals surface area contributed by atoms with Crippen LogP contribution in [0.5, 0.6) is 0 Å². The molecular weight excluding hydrogens is 546 g/mol. The number of nitrogens with zero attached hydrogens (tertiary/aromatic N) is 1. The van der Waals surface area contributed by atoms with E-state index < -0.39 is 35.0 Å². The van der Waals surface area contributed by atoms with Crippen LogP contribution in [-0.4, -0.2) is 35.0 Å². The largest absolute Gasteiger partial charge is 0.452 e. The van der Waals surface area contributed by atoms with Crippen molar-refractivity contribution in [1.29, 1.82) is 5.26 Å². The van der Waals surface area contributed by atoms with E-state index in [1.54, 1.807) is 0 Å². The highest BCUT2D eigenvalue weighted by Gasteiger charge is 2.55. The minimum absolute atomic E-state index is 0.0390. The van der Waals surface area contributed by atoms with E-state index in [0.717, 1.165) is 38.5 Å². The molecule has 8 bridgehead atoms. The van der Waals surface area contributed by atoms with Gasteiger partial charge in [-0.2, -0.15) is 5.26 Å². The quantitative estimate of drug-likeness (QED) is 0.374. The summed E-state index contributed by atoms with van der Waals surface area (Å²) in [4.78, 5) is 51.5. The number of halogens is 1. The predicted octanol–water partition coefficient (Wildman–Crippen LogP) is 5.11. The highest BCUT2D eigenvalue weighted by molar-refractivity contribution is 6.43. The number of rotatable bonds is 4. The summed E-state index contributed by atoms with van der Waals surface area (Å²) in [6.45, 7) is 0. The zero-order valence-electron chi connectivity index (χ0n) is 22.9. The van der Waals surface area contributed by atoms with Crippen LogP contribution >= 0.6 is 11.6 Å². The second-order valence-corrected chi connectivity index (χ2v) is 14.3. The fourth-order valence-electron chi connectivity index (χ4n) is 10.0. The van der Waals surface area contributed by atoms with Crippen LogP contribution in [0.3, 0.4) is 0 Å². The molecule has 0 saturated heterocycles. The number of amides is 2. The number of carbonyl (C=O) groups excluding carboxylic acids is 4. The summed E-state index contributed by atoms with van der Waals surface area (Å²) < 4.78 is 11.7. The van der Waals surface area contributed by atoms with Crippen LogP contribution in [0, 0.1) is 46.8 Å². The van der Waals surface area contributed by atoms with Crippen molar-refractivity contribution in [2.75, 3.05) is 10.6 Å². The minimum atomic E-state index is -1.00. The molecule has 2 N–H and O–H groups in total. The van der Waals surface area contributed by atoms with Crippen molar-refractivity contribution >= 4 is 46.7 Å². The van der Waals surface area contributed by atoms with Crippen LogP contribution in [0.15, 0.2) is 12.1 Å². The van der Waals surface area contributed by atoms with Crippen molar-refractivity contribution in [3.63, 3.8) is 0 Å². The monoisotopic (exact) mass is 579 g/mol. The lowest BCUT2D eigenvalue weighted by molar-refractivity contribution is -0.188. The number of ether oxygens (including phenoxy) is 2. The second-order valence-electron chi connectivity index (χ2n) is 13.9. The fraction of sp³-hybridized carbons (Fsp3) is 0.645. The molecule has 0 unspecified atom stereocenters. The molecule has 0 spiro atoms. The highest BCUT2D eigenvalue weighted by atomic mass is 35.5. The summed E-state index contributed by atoms with van der Waals surface area (Å²) in [5, 5.41) is 14.3. The average Bonchev–Trinajstić information content (AvgIpc) is 2.88. The van der Waals surface area contributed by atoms with Gasteiger partial charge in [0, 0.05) is 0 Å². The zero-order chi connectivity index (χ0) is 28.5. The molecule has 0 atom stereocenters. The molecule has 8 fully saturated rings. The maximum atomic E-state index is 12.9. The van der Waals surface area contributed by atoms with Gasteiger partial charge in [0.15, 0.2) is 0 Å². The molecule has 9 rings (SSSR count). The van der Waals surface area contributed by atoms with E-state index in [4.69, 9.17) is 21.1 Å². The molecule has 0 aliphatic heterocycles. The summed E-state index contributed by atoms with van der Waals surface area (Å²) >= 11 is 6.49. The van der Waals surface area contributed by atoms with Gasteiger partial charge in [0.2, 0.25) is 0 Å². The molecule has 0 radical (unpaired) electrons. The van der Waals surface area contributed by atoms with E-state index in [1.165, 1.54) is 50.7 Å². The molecule has 8 aliphatic rings. The van der Waals surface area contributed by atoms with Crippen molar-refractivity contribution in [3.8, 4) is 6.07 Å². The number of benzene rings is 1. The molecule has 2 amide bonds. The Morgan fingerprint density at radius 2 is 1.00 bits per heavy atom. The van der Waals surface area contributed by atoms with Crippen LogP contribution < -0.4 is 10.6 Å². The first-order valence-electron chi connectivity index (χ1n) is 14.9. The number of carbonyl (C=O) groups is 4. The molecule has 1 aromatic rings. The van der Waals surface area contributed by atoms with E-state index in [9.17, 15) is 24.4 Å². The van der Waals surface area contributed by atoms with Crippen molar-refractivity contribution in [1.82, 2.24) is 0 Å². The molecule has 41 heavy (non-hydrogen) atoms. The van der Waals surface area contributed by atoms with E-state index in [1.807, 2.05) is 6.07 Å². The molecule has 10 heteroatoms. The van der Waals surface area contributed by atoms with Crippen molar-refractivity contribution < 1.29 is 28.7 Å². The normalized spacial score (nSPS) is 37.3. The minimum Gasteiger partial charge on any atom is -0.452 e. The lowest BCUT2D eigenvalue weighted by atomic mass is 9.54. The maximum absolute atomic E-state index is 12.9. The molecule has 9 nitrogen and oxygen atoms in total. The number of nitriles is 1. The van der Waals surface area contributed by atoms with Gasteiger partial charge < -0.3 is 20.1 Å². The molecule has 0 aromatic heterocycles. The van der Waals surface area contributed by atoms with Gasteiger partial charge in [-0.1, -0.05) is 11.6 Å². The third-order valence-electron chi connectivity index (χ3n) is 10.7. The van der Waals surface area contributed by atoms with Crippen LogP contribution in [0.2, 0.25) is 5.02 Å². The molecule has 216 valence electrons. The van der Waals surface area contributed by atoms with Crippen molar-refractivity contribution in [2.24, 2.45) is 35.5 Å². The Hall–Kier alpha value is -3.12. The van der Waals surface area contributed by atoms with Gasteiger partial charge in [-0.25, -0.2) is 9.59 Å². The van der Waals surface area contributed by atoms with Gasteiger partial charge in [-0.05, 0) is 125 Å².